The fourth-order valence-corrected chi connectivity index (χ4v) is 13.3. The molecule has 50 valence electrons. The minimum absolute atomic E-state index is 2.75. The zero-order valence-corrected chi connectivity index (χ0v) is 12.2. The molecule has 7 nitrogen and oxygen atoms in total. The van der Waals surface area contributed by atoms with Crippen molar-refractivity contribution in [2.75, 3.05) is 0 Å². The van der Waals surface area contributed by atoms with E-state index < -0.39 is 49.9 Å². The Labute approximate surface area is 62.0 Å². The second kappa shape index (κ2) is 2.85. The van der Waals surface area contributed by atoms with E-state index in [-0.39, 0.29) is 0 Å². The van der Waals surface area contributed by atoms with Gasteiger partial charge in [0, 0.05) is 0 Å². The van der Waals surface area contributed by atoms with Crippen LogP contribution in [0.4, 0.5) is 0 Å². The first-order chi connectivity index (χ1) is 3.71. The second-order valence-electron chi connectivity index (χ2n) is 1.10. The molecule has 0 fully saturated rings. The van der Waals surface area contributed by atoms with Crippen molar-refractivity contribution >= 4 is 0 Å². The first kappa shape index (κ1) is 9.86. The molecule has 0 aliphatic rings. The monoisotopic (exact) mass is 588 g/mol. The SMILES string of the molecule is [O]=[U](=[O])(=[O])[O][U](=[O])(=[O])=[O]. The Morgan fingerprint density at radius 1 is 0.667 bits per heavy atom. The molecule has 9 heteroatoms. The summed E-state index contributed by atoms with van der Waals surface area (Å²) >= 11 is -13.4. The van der Waals surface area contributed by atoms with Gasteiger partial charge in [0.15, 0.2) is 0 Å². The molecule has 0 radical (unpaired) electrons. The van der Waals surface area contributed by atoms with Crippen molar-refractivity contribution in [1.29, 1.82) is 0 Å². The molecule has 0 unspecified atom stereocenters. The molecule has 0 aliphatic carbocycles. The Morgan fingerprint density at radius 3 is 0.889 bits per heavy atom. The summed E-state index contributed by atoms with van der Waals surface area (Å²) in [5.74, 6) is 0. The molecular weight excluding hydrogens is 588 g/mol. The summed E-state index contributed by atoms with van der Waals surface area (Å²) < 4.78 is 59.6. The number of hydrogen-bond acceptors (Lipinski definition) is 7. The molecule has 0 N–H and O–H groups in total. The quantitative estimate of drug-likeness (QED) is 0.417. The maximum absolute atomic E-state index is 9.47. The average molecular weight is 588 g/mol. The fourth-order valence-electron chi connectivity index (χ4n) is 0.153. The normalized spacial score (nSPS) is 13.3. The van der Waals surface area contributed by atoms with E-state index in [0.29, 0.717) is 0 Å². The van der Waals surface area contributed by atoms with E-state index in [4.69, 9.17) is 0 Å². The zero-order valence-electron chi connectivity index (χ0n) is 3.86. The zero-order chi connectivity index (χ0) is 7.71. The second-order valence-corrected chi connectivity index (χ2v) is 18.2. The van der Waals surface area contributed by atoms with Crippen LogP contribution in [0.25, 0.3) is 0 Å². The topological polar surface area (TPSA) is 112 Å². The molecule has 9 heavy (non-hydrogen) atoms. The number of hydrogen-bond donors (Lipinski definition) is 0. The van der Waals surface area contributed by atoms with Crippen molar-refractivity contribution in [1.82, 2.24) is 0 Å². The molecule has 0 bridgehead atoms. The molecule has 0 atom stereocenters. The van der Waals surface area contributed by atoms with Crippen molar-refractivity contribution in [3.8, 4) is 0 Å². The first-order valence-electron chi connectivity index (χ1n) is 1.63. The van der Waals surface area contributed by atoms with Gasteiger partial charge in [-0.3, -0.25) is 0 Å². The van der Waals surface area contributed by atoms with Crippen molar-refractivity contribution in [3.05, 3.63) is 0 Å². The van der Waals surface area contributed by atoms with Crippen LogP contribution in [-0.4, -0.2) is 0 Å². The van der Waals surface area contributed by atoms with Gasteiger partial charge >= 0.3 is 63.1 Å². The van der Waals surface area contributed by atoms with E-state index in [1.807, 2.05) is 0 Å². The average Bonchev–Trinajstić information content (AvgIpc) is 1.14. The fraction of sp³-hybridized carbons (Fsp3) is 0. The van der Waals surface area contributed by atoms with Gasteiger partial charge in [-0.1, -0.05) is 0 Å². The molecule has 0 aromatic carbocycles. The summed E-state index contributed by atoms with van der Waals surface area (Å²) in [6.45, 7) is 0. The third-order valence-electron chi connectivity index (χ3n) is 0.250. The Bertz CT molecular complexity index is 305. The standard InChI is InChI=1S/7O.2U. The van der Waals surface area contributed by atoms with Crippen LogP contribution in [0.5, 0.6) is 0 Å². The third kappa shape index (κ3) is 8.86. The molecule has 0 saturated heterocycles. The van der Waals surface area contributed by atoms with Crippen LogP contribution in [0.3, 0.4) is 0 Å². The molecule has 0 aromatic rings. The molecule has 0 saturated carbocycles. The van der Waals surface area contributed by atoms with Crippen LogP contribution < -0.4 is 0 Å². The van der Waals surface area contributed by atoms with E-state index in [0.717, 1.165) is 0 Å². The summed E-state index contributed by atoms with van der Waals surface area (Å²) in [5.41, 5.74) is 0. The third-order valence-corrected chi connectivity index (χ3v) is 21.8. The first-order valence-corrected chi connectivity index (χ1v) is 15.2. The van der Waals surface area contributed by atoms with Gasteiger partial charge in [-0.25, -0.2) is 0 Å². The van der Waals surface area contributed by atoms with Gasteiger partial charge in [-0.15, -0.1) is 0 Å². The van der Waals surface area contributed by atoms with Crippen LogP contribution in [0.1, 0.15) is 0 Å². The van der Waals surface area contributed by atoms with Crippen molar-refractivity contribution in [2.45, 2.75) is 0 Å². The van der Waals surface area contributed by atoms with E-state index in [9.17, 15) is 13.4 Å². The van der Waals surface area contributed by atoms with Gasteiger partial charge in [0.1, 0.15) is 0 Å². The van der Waals surface area contributed by atoms with E-state index >= 15 is 0 Å². The van der Waals surface area contributed by atoms with Gasteiger partial charge in [0.25, 0.3) is 0 Å². The van der Waals surface area contributed by atoms with E-state index in [1.54, 1.807) is 0 Å². The molecule has 0 aliphatic heterocycles. The van der Waals surface area contributed by atoms with Gasteiger partial charge in [-0.2, -0.15) is 0 Å². The molecule has 0 aromatic heterocycles. The summed E-state index contributed by atoms with van der Waals surface area (Å²) in [6.07, 6.45) is 0. The van der Waals surface area contributed by atoms with Crippen LogP contribution in [0.15, 0.2) is 0 Å². The Balaban J connectivity index is 4.91. The van der Waals surface area contributed by atoms with Gasteiger partial charge in [0.05, 0.1) is 0 Å². The van der Waals surface area contributed by atoms with Crippen LogP contribution >= 0.6 is 0 Å². The summed E-state index contributed by atoms with van der Waals surface area (Å²) in [6, 6.07) is 0. The van der Waals surface area contributed by atoms with Gasteiger partial charge < -0.3 is 0 Å². The Hall–Kier alpha value is 0.864. The van der Waals surface area contributed by atoms with E-state index in [2.05, 4.69) is -0.255 Å². The summed E-state index contributed by atoms with van der Waals surface area (Å²) in [5, 5.41) is 0. The van der Waals surface area contributed by atoms with Crippen molar-refractivity contribution < 1.29 is 63.1 Å². The van der Waals surface area contributed by atoms with Crippen molar-refractivity contribution in [3.63, 3.8) is 0 Å². The van der Waals surface area contributed by atoms with E-state index in [1.165, 1.54) is 0 Å². The van der Waals surface area contributed by atoms with Gasteiger partial charge in [-0.05, 0) is 0 Å². The molecule has 0 spiro atoms. The van der Waals surface area contributed by atoms with Gasteiger partial charge in [0.2, 0.25) is 0 Å². The predicted molar refractivity (Wildman–Crippen MR) is 5.20 cm³/mol. The Kier molecular flexibility index (Phi) is 3.13. The summed E-state index contributed by atoms with van der Waals surface area (Å²) in [4.78, 5) is 0. The van der Waals surface area contributed by atoms with Crippen LogP contribution in [0.2, 0.25) is 0 Å². The van der Waals surface area contributed by atoms with Crippen molar-refractivity contribution in [2.24, 2.45) is 0 Å². The minimum atomic E-state index is -6.71. The Morgan fingerprint density at radius 2 is 0.889 bits per heavy atom. The van der Waals surface area contributed by atoms with Crippen LogP contribution in [0, 0.1) is 49.9 Å². The molecule has 0 rings (SSSR count). The predicted octanol–water partition coefficient (Wildman–Crippen LogP) is -0.781. The summed E-state index contributed by atoms with van der Waals surface area (Å²) in [7, 11) is 0. The molecular formula is O7U2. The molecule has 0 heterocycles. The number of rotatable bonds is 2. The van der Waals surface area contributed by atoms with Crippen LogP contribution in [-0.2, 0) is 13.2 Å². The molecule has 0 amide bonds. The maximum atomic E-state index is 9.47.